The first kappa shape index (κ1) is 20.5. The number of aliphatic hydroxyl groups is 1. The van der Waals surface area contributed by atoms with Gasteiger partial charge in [0, 0.05) is 24.8 Å². The molecule has 160 valence electrons. The van der Waals surface area contributed by atoms with Crippen LogP contribution in [0.2, 0.25) is 0 Å². The van der Waals surface area contributed by atoms with Gasteiger partial charge < -0.3 is 19.5 Å². The number of likely N-dealkylation sites (tertiary alicyclic amines) is 1. The van der Waals surface area contributed by atoms with E-state index < -0.39 is 10.0 Å². The van der Waals surface area contributed by atoms with E-state index in [4.69, 9.17) is 9.47 Å². The molecule has 2 aliphatic heterocycles. The number of benzene rings is 2. The van der Waals surface area contributed by atoms with Gasteiger partial charge in [0.15, 0.2) is 11.5 Å². The zero-order valence-corrected chi connectivity index (χ0v) is 17.2. The molecule has 9 heteroatoms. The predicted octanol–water partition coefficient (Wildman–Crippen LogP) is 1.78. The van der Waals surface area contributed by atoms with Crippen LogP contribution in [0, 0.1) is 0 Å². The lowest BCUT2D eigenvalue weighted by molar-refractivity contribution is -0.132. The minimum atomic E-state index is -3.79. The SMILES string of the molecule is O=C(Cc1ccc(NS(=O)(=O)c2ccc3c(c2)OCCO3)cc1)N1CCC(O)CC1. The molecular weight excluding hydrogens is 408 g/mol. The number of fused-ring (bicyclic) bond motifs is 1. The van der Waals surface area contributed by atoms with Crippen molar-refractivity contribution in [1.82, 2.24) is 4.90 Å². The molecule has 2 N–H and O–H groups in total. The van der Waals surface area contributed by atoms with Crippen molar-refractivity contribution in [3.8, 4) is 11.5 Å². The molecule has 2 heterocycles. The normalized spacial score (nSPS) is 16.9. The number of ether oxygens (including phenoxy) is 2. The zero-order chi connectivity index (χ0) is 21.1. The fourth-order valence-electron chi connectivity index (χ4n) is 3.50. The van der Waals surface area contributed by atoms with Gasteiger partial charge in [0.25, 0.3) is 10.0 Å². The van der Waals surface area contributed by atoms with E-state index in [0.29, 0.717) is 56.3 Å². The topological polar surface area (TPSA) is 105 Å². The first-order chi connectivity index (χ1) is 14.4. The molecule has 1 fully saturated rings. The molecule has 1 saturated heterocycles. The number of hydrogen-bond acceptors (Lipinski definition) is 6. The number of sulfonamides is 1. The molecule has 0 aromatic heterocycles. The first-order valence-electron chi connectivity index (χ1n) is 9.88. The molecular formula is C21H24N2O6S. The highest BCUT2D eigenvalue weighted by molar-refractivity contribution is 7.92. The van der Waals surface area contributed by atoms with Crippen molar-refractivity contribution in [3.05, 3.63) is 48.0 Å². The van der Waals surface area contributed by atoms with Gasteiger partial charge in [-0.1, -0.05) is 12.1 Å². The van der Waals surface area contributed by atoms with Gasteiger partial charge in [-0.15, -0.1) is 0 Å². The van der Waals surface area contributed by atoms with Crippen LogP contribution in [0.15, 0.2) is 47.4 Å². The van der Waals surface area contributed by atoms with E-state index in [1.807, 2.05) is 0 Å². The van der Waals surface area contributed by atoms with E-state index in [9.17, 15) is 18.3 Å². The van der Waals surface area contributed by atoms with Crippen molar-refractivity contribution in [2.75, 3.05) is 31.0 Å². The van der Waals surface area contributed by atoms with Crippen molar-refractivity contribution in [2.45, 2.75) is 30.3 Å². The summed E-state index contributed by atoms with van der Waals surface area (Å²) in [5, 5.41) is 9.56. The van der Waals surface area contributed by atoms with Gasteiger partial charge in [-0.2, -0.15) is 0 Å². The minimum Gasteiger partial charge on any atom is -0.486 e. The number of aliphatic hydroxyl groups excluding tert-OH is 1. The van der Waals surface area contributed by atoms with Gasteiger partial charge in [0.2, 0.25) is 5.91 Å². The van der Waals surface area contributed by atoms with Crippen LogP contribution < -0.4 is 14.2 Å². The van der Waals surface area contributed by atoms with Crippen LogP contribution in [0.1, 0.15) is 18.4 Å². The van der Waals surface area contributed by atoms with Crippen molar-refractivity contribution in [1.29, 1.82) is 0 Å². The number of carbonyl (C=O) groups is 1. The maximum absolute atomic E-state index is 12.7. The van der Waals surface area contributed by atoms with Crippen LogP contribution in [-0.2, 0) is 21.2 Å². The van der Waals surface area contributed by atoms with Gasteiger partial charge in [-0.05, 0) is 42.7 Å². The molecule has 0 saturated carbocycles. The molecule has 2 aromatic carbocycles. The summed E-state index contributed by atoms with van der Waals surface area (Å²) in [6, 6.07) is 11.2. The minimum absolute atomic E-state index is 0.00603. The standard InChI is InChI=1S/C21H24N2O6S/c24-17-7-9-23(10-8-17)21(25)13-15-1-3-16(4-2-15)22-30(26,27)18-5-6-19-20(14-18)29-12-11-28-19/h1-6,14,17,22,24H,7-13H2. The Morgan fingerprint density at radius 2 is 1.70 bits per heavy atom. The lowest BCUT2D eigenvalue weighted by Gasteiger charge is -2.29. The highest BCUT2D eigenvalue weighted by atomic mass is 32.2. The Morgan fingerprint density at radius 3 is 2.40 bits per heavy atom. The van der Waals surface area contributed by atoms with Gasteiger partial charge in [0.1, 0.15) is 13.2 Å². The number of amides is 1. The van der Waals surface area contributed by atoms with Crippen LogP contribution >= 0.6 is 0 Å². The van der Waals surface area contributed by atoms with Crippen LogP contribution in [-0.4, -0.2) is 56.7 Å². The molecule has 0 unspecified atom stereocenters. The molecule has 1 amide bonds. The second-order valence-electron chi connectivity index (χ2n) is 7.40. The molecule has 0 radical (unpaired) electrons. The molecule has 4 rings (SSSR count). The fourth-order valence-corrected chi connectivity index (χ4v) is 4.57. The zero-order valence-electron chi connectivity index (χ0n) is 16.4. The predicted molar refractivity (Wildman–Crippen MR) is 110 cm³/mol. The Labute approximate surface area is 175 Å². The third-order valence-electron chi connectivity index (χ3n) is 5.20. The summed E-state index contributed by atoms with van der Waals surface area (Å²) in [5.74, 6) is 0.937. The third-order valence-corrected chi connectivity index (χ3v) is 6.58. The average molecular weight is 432 g/mol. The number of piperidine rings is 1. The summed E-state index contributed by atoms with van der Waals surface area (Å²) >= 11 is 0. The van der Waals surface area contributed by atoms with E-state index in [-0.39, 0.29) is 23.3 Å². The maximum atomic E-state index is 12.7. The van der Waals surface area contributed by atoms with Crippen LogP contribution in [0.4, 0.5) is 5.69 Å². The monoisotopic (exact) mass is 432 g/mol. The number of rotatable bonds is 5. The average Bonchev–Trinajstić information content (AvgIpc) is 2.75. The van der Waals surface area contributed by atoms with E-state index in [0.717, 1.165) is 5.56 Å². The summed E-state index contributed by atoms with van der Waals surface area (Å²) in [6.07, 6.45) is 1.12. The largest absolute Gasteiger partial charge is 0.486 e. The van der Waals surface area contributed by atoms with Crippen molar-refractivity contribution in [3.63, 3.8) is 0 Å². The van der Waals surface area contributed by atoms with Crippen molar-refractivity contribution >= 4 is 21.6 Å². The van der Waals surface area contributed by atoms with Crippen molar-refractivity contribution in [2.24, 2.45) is 0 Å². The van der Waals surface area contributed by atoms with E-state index in [1.165, 1.54) is 12.1 Å². The maximum Gasteiger partial charge on any atom is 0.262 e. The second kappa shape index (κ2) is 8.53. The fraction of sp³-hybridized carbons (Fsp3) is 0.381. The molecule has 2 aromatic rings. The number of carbonyl (C=O) groups excluding carboxylic acids is 1. The van der Waals surface area contributed by atoms with Gasteiger partial charge in [0.05, 0.1) is 17.4 Å². The van der Waals surface area contributed by atoms with E-state index in [2.05, 4.69) is 4.72 Å². The summed E-state index contributed by atoms with van der Waals surface area (Å²) in [6.45, 7) is 1.94. The molecule has 0 atom stereocenters. The summed E-state index contributed by atoms with van der Waals surface area (Å²) < 4.78 is 38.8. The first-order valence-corrected chi connectivity index (χ1v) is 11.4. The molecule has 8 nitrogen and oxygen atoms in total. The van der Waals surface area contributed by atoms with Gasteiger partial charge in [-0.25, -0.2) is 8.42 Å². The van der Waals surface area contributed by atoms with Crippen molar-refractivity contribution < 1.29 is 27.8 Å². The van der Waals surface area contributed by atoms with Gasteiger partial charge in [-0.3, -0.25) is 9.52 Å². The Hall–Kier alpha value is -2.78. The lowest BCUT2D eigenvalue weighted by atomic mass is 10.1. The Balaban J connectivity index is 1.40. The molecule has 30 heavy (non-hydrogen) atoms. The molecule has 0 spiro atoms. The second-order valence-corrected chi connectivity index (χ2v) is 9.08. The number of nitrogens with zero attached hydrogens (tertiary/aromatic N) is 1. The van der Waals surface area contributed by atoms with E-state index >= 15 is 0 Å². The Kier molecular flexibility index (Phi) is 5.83. The summed E-state index contributed by atoms with van der Waals surface area (Å²) in [5.41, 5.74) is 1.20. The molecule has 0 aliphatic carbocycles. The van der Waals surface area contributed by atoms with Gasteiger partial charge >= 0.3 is 0 Å². The Bertz CT molecular complexity index is 1010. The smallest absolute Gasteiger partial charge is 0.262 e. The number of hydrogen-bond donors (Lipinski definition) is 2. The lowest BCUT2D eigenvalue weighted by Crippen LogP contribution is -2.40. The summed E-state index contributed by atoms with van der Waals surface area (Å²) in [4.78, 5) is 14.2. The number of anilines is 1. The number of nitrogens with one attached hydrogen (secondary N) is 1. The highest BCUT2D eigenvalue weighted by Gasteiger charge is 2.22. The Morgan fingerprint density at radius 1 is 1.03 bits per heavy atom. The third kappa shape index (κ3) is 4.68. The van der Waals surface area contributed by atoms with Crippen LogP contribution in [0.25, 0.3) is 0 Å². The van der Waals surface area contributed by atoms with Crippen LogP contribution in [0.5, 0.6) is 11.5 Å². The molecule has 2 aliphatic rings. The molecule has 0 bridgehead atoms. The highest BCUT2D eigenvalue weighted by Crippen LogP contribution is 2.32. The quantitative estimate of drug-likeness (QED) is 0.746. The van der Waals surface area contributed by atoms with E-state index in [1.54, 1.807) is 35.2 Å². The summed E-state index contributed by atoms with van der Waals surface area (Å²) in [7, 11) is -3.79. The van der Waals surface area contributed by atoms with Crippen LogP contribution in [0.3, 0.4) is 0 Å².